The molecule has 2 unspecified atom stereocenters. The number of carboxylic acids is 1. The molecule has 0 amide bonds. The molecule has 17 heavy (non-hydrogen) atoms. The first kappa shape index (κ1) is 13.7. The second-order valence-electron chi connectivity index (χ2n) is 3.79. The quantitative estimate of drug-likeness (QED) is 0.638. The Morgan fingerprint density at radius 1 is 1.35 bits per heavy atom. The maximum Gasteiger partial charge on any atom is 0.337 e. The van der Waals surface area contributed by atoms with Gasteiger partial charge in [-0.05, 0) is 31.0 Å². The Hall–Kier alpha value is -1.39. The van der Waals surface area contributed by atoms with Gasteiger partial charge < -0.3 is 10.2 Å². The highest BCUT2D eigenvalue weighted by Gasteiger charge is 2.20. The van der Waals surface area contributed by atoms with E-state index in [1.54, 1.807) is 13.8 Å². The third kappa shape index (κ3) is 3.05. The molecule has 2 atom stereocenters. The maximum absolute atomic E-state index is 11.6. The van der Waals surface area contributed by atoms with Crippen molar-refractivity contribution in [2.75, 3.05) is 0 Å². The van der Waals surface area contributed by atoms with Crippen molar-refractivity contribution >= 4 is 23.4 Å². The highest BCUT2D eigenvalue weighted by molar-refractivity contribution is 6.33. The van der Waals surface area contributed by atoms with Gasteiger partial charge in [0.2, 0.25) is 0 Å². The summed E-state index contributed by atoms with van der Waals surface area (Å²) in [5, 5.41) is 17.5. The van der Waals surface area contributed by atoms with Crippen molar-refractivity contribution in [3.63, 3.8) is 0 Å². The molecule has 0 saturated carbocycles. The number of aliphatic carboxylic acids is 1. The lowest BCUT2D eigenvalue weighted by Gasteiger charge is -2.11. The molecule has 0 bridgehead atoms. The standard InChI is InChI=1S/C12H13ClO4/c1-6-5-8(10(14)7(2)13)3-4-9(6)11(15)12(16)17/h3-5,7,11,15H,1-2H3,(H,16,17). The van der Waals surface area contributed by atoms with Gasteiger partial charge in [-0.1, -0.05) is 12.1 Å². The molecule has 0 aliphatic carbocycles. The Bertz CT molecular complexity index is 454. The van der Waals surface area contributed by atoms with E-state index in [1.807, 2.05) is 0 Å². The van der Waals surface area contributed by atoms with Gasteiger partial charge in [0.15, 0.2) is 11.9 Å². The van der Waals surface area contributed by atoms with E-state index in [4.69, 9.17) is 16.7 Å². The van der Waals surface area contributed by atoms with Crippen LogP contribution in [-0.4, -0.2) is 27.3 Å². The number of aliphatic hydroxyl groups is 1. The molecule has 4 nitrogen and oxygen atoms in total. The number of hydrogen-bond donors (Lipinski definition) is 2. The minimum atomic E-state index is -1.58. The van der Waals surface area contributed by atoms with Crippen LogP contribution in [0.3, 0.4) is 0 Å². The van der Waals surface area contributed by atoms with Crippen LogP contribution in [0.2, 0.25) is 0 Å². The number of carboxylic acid groups (broad SMARTS) is 1. The summed E-state index contributed by atoms with van der Waals surface area (Å²) < 4.78 is 0. The van der Waals surface area contributed by atoms with E-state index in [2.05, 4.69) is 0 Å². The SMILES string of the molecule is Cc1cc(C(=O)C(C)Cl)ccc1C(O)C(=O)O. The van der Waals surface area contributed by atoms with Crippen molar-refractivity contribution in [2.45, 2.75) is 25.3 Å². The fourth-order valence-corrected chi connectivity index (χ4v) is 1.62. The average molecular weight is 257 g/mol. The lowest BCUT2D eigenvalue weighted by molar-refractivity contribution is -0.147. The van der Waals surface area contributed by atoms with Crippen LogP contribution in [0.1, 0.15) is 34.5 Å². The fourth-order valence-electron chi connectivity index (χ4n) is 1.50. The van der Waals surface area contributed by atoms with Gasteiger partial charge in [0, 0.05) is 5.56 Å². The van der Waals surface area contributed by atoms with Gasteiger partial charge >= 0.3 is 5.97 Å². The minimum Gasteiger partial charge on any atom is -0.479 e. The Morgan fingerprint density at radius 3 is 2.35 bits per heavy atom. The second kappa shape index (κ2) is 5.29. The lowest BCUT2D eigenvalue weighted by Crippen LogP contribution is -2.14. The molecule has 1 aromatic carbocycles. The van der Waals surface area contributed by atoms with Crippen molar-refractivity contribution in [1.82, 2.24) is 0 Å². The Morgan fingerprint density at radius 2 is 1.94 bits per heavy atom. The van der Waals surface area contributed by atoms with Crippen LogP contribution in [0, 0.1) is 6.92 Å². The molecule has 0 aliphatic rings. The smallest absolute Gasteiger partial charge is 0.337 e. The number of ketones is 1. The van der Waals surface area contributed by atoms with Gasteiger partial charge in [0.1, 0.15) is 0 Å². The number of rotatable bonds is 4. The maximum atomic E-state index is 11.6. The van der Waals surface area contributed by atoms with Gasteiger partial charge in [-0.2, -0.15) is 0 Å². The van der Waals surface area contributed by atoms with Crippen LogP contribution < -0.4 is 0 Å². The van der Waals surface area contributed by atoms with Crippen LogP contribution in [0.5, 0.6) is 0 Å². The first-order valence-corrected chi connectivity index (χ1v) is 5.48. The molecule has 0 fully saturated rings. The number of benzene rings is 1. The number of Topliss-reactive ketones (excluding diaryl/α,β-unsaturated/α-hetero) is 1. The number of alkyl halides is 1. The monoisotopic (exact) mass is 256 g/mol. The lowest BCUT2D eigenvalue weighted by atomic mass is 9.98. The van der Waals surface area contributed by atoms with Crippen LogP contribution in [0.25, 0.3) is 0 Å². The third-order valence-electron chi connectivity index (χ3n) is 2.44. The zero-order valence-corrected chi connectivity index (χ0v) is 10.2. The highest BCUT2D eigenvalue weighted by Crippen LogP contribution is 2.20. The van der Waals surface area contributed by atoms with Crippen molar-refractivity contribution in [2.24, 2.45) is 0 Å². The van der Waals surface area contributed by atoms with E-state index < -0.39 is 17.5 Å². The molecule has 5 heteroatoms. The molecular formula is C12H13ClO4. The molecule has 0 aliphatic heterocycles. The van der Waals surface area contributed by atoms with E-state index >= 15 is 0 Å². The predicted molar refractivity (Wildman–Crippen MR) is 63.4 cm³/mol. The first-order valence-electron chi connectivity index (χ1n) is 5.04. The number of carbonyl (C=O) groups is 2. The van der Waals surface area contributed by atoms with Gasteiger partial charge in [-0.15, -0.1) is 11.6 Å². The zero-order valence-electron chi connectivity index (χ0n) is 9.48. The molecular weight excluding hydrogens is 244 g/mol. The minimum absolute atomic E-state index is 0.230. The Balaban J connectivity index is 3.10. The van der Waals surface area contributed by atoms with E-state index in [0.29, 0.717) is 11.1 Å². The molecule has 2 N–H and O–H groups in total. The summed E-state index contributed by atoms with van der Waals surface area (Å²) in [5.41, 5.74) is 1.23. The van der Waals surface area contributed by atoms with E-state index in [9.17, 15) is 14.7 Å². The molecule has 92 valence electrons. The summed E-state index contributed by atoms with van der Waals surface area (Å²) in [5.74, 6) is -1.55. The van der Waals surface area contributed by atoms with E-state index in [1.165, 1.54) is 18.2 Å². The largest absolute Gasteiger partial charge is 0.479 e. The van der Waals surface area contributed by atoms with Crippen LogP contribution in [0.15, 0.2) is 18.2 Å². The number of hydrogen-bond acceptors (Lipinski definition) is 3. The first-order chi connectivity index (χ1) is 7.84. The molecule has 1 rings (SSSR count). The summed E-state index contributed by atoms with van der Waals surface area (Å²) in [6, 6.07) is 4.43. The highest BCUT2D eigenvalue weighted by atomic mass is 35.5. The number of carbonyl (C=O) groups excluding carboxylic acids is 1. The molecule has 1 aromatic rings. The van der Waals surface area contributed by atoms with Gasteiger partial charge in [0.25, 0.3) is 0 Å². The number of aryl methyl sites for hydroxylation is 1. The summed E-state index contributed by atoms with van der Waals surface area (Å²) in [6.45, 7) is 3.20. The summed E-state index contributed by atoms with van der Waals surface area (Å²) in [6.07, 6.45) is -1.58. The van der Waals surface area contributed by atoms with E-state index in [-0.39, 0.29) is 11.3 Å². The molecule has 0 spiro atoms. The third-order valence-corrected chi connectivity index (χ3v) is 2.64. The van der Waals surface area contributed by atoms with Crippen molar-refractivity contribution in [3.8, 4) is 0 Å². The summed E-state index contributed by atoms with van der Waals surface area (Å²) in [7, 11) is 0. The fraction of sp³-hybridized carbons (Fsp3) is 0.333. The van der Waals surface area contributed by atoms with Crippen molar-refractivity contribution in [1.29, 1.82) is 0 Å². The zero-order chi connectivity index (χ0) is 13.2. The Kier molecular flexibility index (Phi) is 4.26. The van der Waals surface area contributed by atoms with Gasteiger partial charge in [-0.25, -0.2) is 4.79 Å². The van der Waals surface area contributed by atoms with Crippen molar-refractivity contribution in [3.05, 3.63) is 34.9 Å². The number of halogens is 1. The van der Waals surface area contributed by atoms with Gasteiger partial charge in [-0.3, -0.25) is 4.79 Å². The molecule has 0 aromatic heterocycles. The van der Waals surface area contributed by atoms with Crippen molar-refractivity contribution < 1.29 is 19.8 Å². The topological polar surface area (TPSA) is 74.6 Å². The predicted octanol–water partition coefficient (Wildman–Crippen LogP) is 1.92. The van der Waals surface area contributed by atoms with Crippen LogP contribution >= 0.6 is 11.6 Å². The van der Waals surface area contributed by atoms with E-state index in [0.717, 1.165) is 0 Å². The van der Waals surface area contributed by atoms with Crippen LogP contribution in [-0.2, 0) is 4.79 Å². The van der Waals surface area contributed by atoms with Gasteiger partial charge in [0.05, 0.1) is 5.38 Å². The summed E-state index contributed by atoms with van der Waals surface area (Å²) in [4.78, 5) is 22.2. The summed E-state index contributed by atoms with van der Waals surface area (Å²) >= 11 is 5.67. The average Bonchev–Trinajstić information content (AvgIpc) is 2.26. The van der Waals surface area contributed by atoms with Crippen LogP contribution in [0.4, 0.5) is 0 Å². The number of aliphatic hydroxyl groups excluding tert-OH is 1. The molecule has 0 radical (unpaired) electrons. The second-order valence-corrected chi connectivity index (χ2v) is 4.45. The molecule has 0 heterocycles. The normalized spacial score (nSPS) is 14.1. The Labute approximate surface area is 104 Å². The molecule has 0 saturated heterocycles.